The lowest BCUT2D eigenvalue weighted by Gasteiger charge is -2.11. The van der Waals surface area contributed by atoms with E-state index in [2.05, 4.69) is 5.32 Å². The van der Waals surface area contributed by atoms with E-state index < -0.39 is 11.9 Å². The van der Waals surface area contributed by atoms with Gasteiger partial charge in [-0.15, -0.1) is 0 Å². The van der Waals surface area contributed by atoms with Crippen LogP contribution in [0.15, 0.2) is 28.7 Å². The minimum absolute atomic E-state index is 0.00962. The van der Waals surface area contributed by atoms with Gasteiger partial charge in [-0.3, -0.25) is 4.79 Å². The number of hydrogen-bond donors (Lipinski definition) is 2. The van der Waals surface area contributed by atoms with Crippen LogP contribution in [0.3, 0.4) is 0 Å². The van der Waals surface area contributed by atoms with Crippen molar-refractivity contribution in [1.29, 1.82) is 0 Å². The zero-order valence-electron chi connectivity index (χ0n) is 14.4. The van der Waals surface area contributed by atoms with Gasteiger partial charge in [-0.25, -0.2) is 4.79 Å². The molecule has 1 aromatic carbocycles. The molecule has 0 aliphatic carbocycles. The molecule has 0 aliphatic heterocycles. The summed E-state index contributed by atoms with van der Waals surface area (Å²) in [6.07, 6.45) is 0.394. The molecule has 0 unspecified atom stereocenters. The number of aryl methyl sites for hydroxylation is 1. The first kappa shape index (κ1) is 18.4. The van der Waals surface area contributed by atoms with Crippen molar-refractivity contribution in [3.05, 3.63) is 46.9 Å². The standard InChI is InChI=1S/C18H21NO6/c1-4-13-12(18(21)22)9-16(25-13)17(20)19-10-11-6-7-14(24-5-2)15(8-11)23-3/h6-9H,4-5,10H2,1-3H3,(H,19,20)(H,21,22). The largest absolute Gasteiger partial charge is 0.493 e. The van der Waals surface area contributed by atoms with Gasteiger partial charge in [0, 0.05) is 19.0 Å². The van der Waals surface area contributed by atoms with Gasteiger partial charge in [-0.2, -0.15) is 0 Å². The molecule has 1 aromatic heterocycles. The number of carboxylic acids is 1. The van der Waals surface area contributed by atoms with Crippen molar-refractivity contribution in [2.45, 2.75) is 26.8 Å². The van der Waals surface area contributed by atoms with Gasteiger partial charge < -0.3 is 24.3 Å². The second-order valence-electron chi connectivity index (χ2n) is 5.21. The maximum Gasteiger partial charge on any atom is 0.339 e. The summed E-state index contributed by atoms with van der Waals surface area (Å²) in [6, 6.07) is 6.60. The predicted molar refractivity (Wildman–Crippen MR) is 90.4 cm³/mol. The van der Waals surface area contributed by atoms with E-state index in [-0.39, 0.29) is 23.6 Å². The van der Waals surface area contributed by atoms with Crippen molar-refractivity contribution >= 4 is 11.9 Å². The summed E-state index contributed by atoms with van der Waals surface area (Å²) in [6.45, 7) is 4.41. The quantitative estimate of drug-likeness (QED) is 0.762. The zero-order valence-corrected chi connectivity index (χ0v) is 14.4. The van der Waals surface area contributed by atoms with Crippen molar-refractivity contribution < 1.29 is 28.6 Å². The molecule has 0 fully saturated rings. The van der Waals surface area contributed by atoms with Crippen LogP contribution in [0.4, 0.5) is 0 Å². The predicted octanol–water partition coefficient (Wildman–Crippen LogP) is 2.88. The van der Waals surface area contributed by atoms with Crippen LogP contribution in [0.2, 0.25) is 0 Å². The number of aromatic carboxylic acids is 1. The van der Waals surface area contributed by atoms with Crippen molar-refractivity contribution in [2.75, 3.05) is 13.7 Å². The number of benzene rings is 1. The number of carbonyl (C=O) groups excluding carboxylic acids is 1. The number of ether oxygens (including phenoxy) is 2. The molecule has 7 nitrogen and oxygen atoms in total. The van der Waals surface area contributed by atoms with Crippen LogP contribution in [-0.2, 0) is 13.0 Å². The first-order chi connectivity index (χ1) is 12.0. The van der Waals surface area contributed by atoms with Crippen LogP contribution in [0.5, 0.6) is 11.5 Å². The van der Waals surface area contributed by atoms with E-state index in [1.807, 2.05) is 13.0 Å². The highest BCUT2D eigenvalue weighted by Gasteiger charge is 2.19. The van der Waals surface area contributed by atoms with Gasteiger partial charge in [0.05, 0.1) is 13.7 Å². The van der Waals surface area contributed by atoms with E-state index in [9.17, 15) is 9.59 Å². The molecule has 0 aliphatic rings. The fourth-order valence-corrected chi connectivity index (χ4v) is 2.35. The molecule has 1 amide bonds. The Balaban J connectivity index is 2.08. The molecule has 2 N–H and O–H groups in total. The molecular formula is C18H21NO6. The Morgan fingerprint density at radius 1 is 1.20 bits per heavy atom. The number of amides is 1. The normalized spacial score (nSPS) is 10.4. The second kappa shape index (κ2) is 8.23. The molecule has 2 aromatic rings. The molecule has 0 bridgehead atoms. The van der Waals surface area contributed by atoms with Crippen molar-refractivity contribution in [3.63, 3.8) is 0 Å². The van der Waals surface area contributed by atoms with Gasteiger partial charge in [0.15, 0.2) is 17.3 Å². The lowest BCUT2D eigenvalue weighted by atomic mass is 10.2. The molecule has 0 spiro atoms. The lowest BCUT2D eigenvalue weighted by molar-refractivity contribution is 0.0694. The third-order valence-electron chi connectivity index (χ3n) is 3.57. The van der Waals surface area contributed by atoms with Crippen LogP contribution in [-0.4, -0.2) is 30.7 Å². The third-order valence-corrected chi connectivity index (χ3v) is 3.57. The van der Waals surface area contributed by atoms with Gasteiger partial charge >= 0.3 is 5.97 Å². The summed E-state index contributed by atoms with van der Waals surface area (Å²) in [5.41, 5.74) is 0.824. The van der Waals surface area contributed by atoms with E-state index in [0.717, 1.165) is 5.56 Å². The Morgan fingerprint density at radius 3 is 2.52 bits per heavy atom. The highest BCUT2D eigenvalue weighted by atomic mass is 16.5. The Bertz CT molecular complexity index is 765. The second-order valence-corrected chi connectivity index (χ2v) is 5.21. The van der Waals surface area contributed by atoms with E-state index in [4.69, 9.17) is 19.0 Å². The van der Waals surface area contributed by atoms with Crippen LogP contribution in [0, 0.1) is 0 Å². The van der Waals surface area contributed by atoms with Crippen molar-refractivity contribution in [2.24, 2.45) is 0 Å². The molecule has 7 heteroatoms. The van der Waals surface area contributed by atoms with Gasteiger partial charge in [0.2, 0.25) is 0 Å². The molecule has 0 atom stereocenters. The Hall–Kier alpha value is -2.96. The molecule has 134 valence electrons. The summed E-state index contributed by atoms with van der Waals surface area (Å²) in [4.78, 5) is 23.3. The third kappa shape index (κ3) is 4.32. The summed E-state index contributed by atoms with van der Waals surface area (Å²) in [5, 5.41) is 11.8. The smallest absolute Gasteiger partial charge is 0.339 e. The minimum atomic E-state index is -1.11. The maximum absolute atomic E-state index is 12.2. The topological polar surface area (TPSA) is 98.0 Å². The summed E-state index contributed by atoms with van der Waals surface area (Å²) in [7, 11) is 1.54. The van der Waals surface area contributed by atoms with Crippen LogP contribution in [0.1, 0.15) is 46.1 Å². The number of hydrogen-bond acceptors (Lipinski definition) is 5. The fraction of sp³-hybridized carbons (Fsp3) is 0.333. The zero-order chi connectivity index (χ0) is 18.4. The van der Waals surface area contributed by atoms with E-state index in [1.165, 1.54) is 6.07 Å². The number of carboxylic acid groups (broad SMARTS) is 1. The monoisotopic (exact) mass is 347 g/mol. The summed E-state index contributed by atoms with van der Waals surface area (Å²) >= 11 is 0. The first-order valence-corrected chi connectivity index (χ1v) is 7.94. The summed E-state index contributed by atoms with van der Waals surface area (Å²) < 4.78 is 16.0. The van der Waals surface area contributed by atoms with E-state index >= 15 is 0 Å². The highest BCUT2D eigenvalue weighted by Crippen LogP contribution is 2.28. The molecule has 2 rings (SSSR count). The fourth-order valence-electron chi connectivity index (χ4n) is 2.35. The number of rotatable bonds is 8. The lowest BCUT2D eigenvalue weighted by Crippen LogP contribution is -2.22. The van der Waals surface area contributed by atoms with Crippen LogP contribution < -0.4 is 14.8 Å². The average molecular weight is 347 g/mol. The number of furan rings is 1. The Morgan fingerprint density at radius 2 is 1.96 bits per heavy atom. The molecule has 0 saturated heterocycles. The molecular weight excluding hydrogens is 326 g/mol. The van der Waals surface area contributed by atoms with Gasteiger partial charge in [-0.05, 0) is 24.6 Å². The van der Waals surface area contributed by atoms with Crippen LogP contribution in [0.25, 0.3) is 0 Å². The SMILES string of the molecule is CCOc1ccc(CNC(=O)c2cc(C(=O)O)c(CC)o2)cc1OC. The number of carbonyl (C=O) groups is 2. The number of methoxy groups -OCH3 is 1. The van der Waals surface area contributed by atoms with Gasteiger partial charge in [0.1, 0.15) is 11.3 Å². The highest BCUT2D eigenvalue weighted by molar-refractivity contribution is 5.96. The Kier molecular flexibility index (Phi) is 6.05. The van der Waals surface area contributed by atoms with E-state index in [1.54, 1.807) is 26.2 Å². The van der Waals surface area contributed by atoms with Crippen molar-refractivity contribution in [1.82, 2.24) is 5.32 Å². The van der Waals surface area contributed by atoms with Crippen LogP contribution >= 0.6 is 0 Å². The van der Waals surface area contributed by atoms with Gasteiger partial charge in [0.25, 0.3) is 5.91 Å². The molecule has 0 radical (unpaired) electrons. The van der Waals surface area contributed by atoms with Gasteiger partial charge in [-0.1, -0.05) is 13.0 Å². The molecule has 1 heterocycles. The maximum atomic E-state index is 12.2. The molecule has 25 heavy (non-hydrogen) atoms. The molecule has 0 saturated carbocycles. The minimum Gasteiger partial charge on any atom is -0.493 e. The van der Waals surface area contributed by atoms with Crippen molar-refractivity contribution in [3.8, 4) is 11.5 Å². The van der Waals surface area contributed by atoms with E-state index in [0.29, 0.717) is 24.5 Å². The first-order valence-electron chi connectivity index (χ1n) is 7.94. The summed E-state index contributed by atoms with van der Waals surface area (Å²) in [5.74, 6) is -0.128. The Labute approximate surface area is 145 Å². The number of nitrogens with one attached hydrogen (secondary N) is 1. The average Bonchev–Trinajstić information content (AvgIpc) is 3.05.